The maximum Gasteiger partial charge on any atom is 0.410 e. The van der Waals surface area contributed by atoms with E-state index >= 15 is 0 Å². The number of benzene rings is 2. The molecule has 1 fully saturated rings. The second-order valence-electron chi connectivity index (χ2n) is 8.88. The van der Waals surface area contributed by atoms with Crippen LogP contribution in [-0.4, -0.2) is 55.9 Å². The van der Waals surface area contributed by atoms with Gasteiger partial charge in [0.2, 0.25) is 0 Å². The molecule has 0 unspecified atom stereocenters. The van der Waals surface area contributed by atoms with Crippen molar-refractivity contribution in [3.63, 3.8) is 0 Å². The molecule has 2 aromatic carbocycles. The molecule has 0 spiro atoms. The molecule has 8 nitrogen and oxygen atoms in total. The Hall–Kier alpha value is -3.13. The molecule has 3 amide bonds. The Morgan fingerprint density at radius 1 is 0.970 bits per heavy atom. The minimum Gasteiger partial charge on any atom is -0.495 e. The monoisotopic (exact) mass is 474 g/mol. The summed E-state index contributed by atoms with van der Waals surface area (Å²) in [5, 5.41) is 6.22. The molecule has 178 valence electrons. The lowest BCUT2D eigenvalue weighted by Gasteiger charge is -2.37. The minimum atomic E-state index is -0.526. The van der Waals surface area contributed by atoms with Crippen LogP contribution in [0.3, 0.4) is 0 Å². The summed E-state index contributed by atoms with van der Waals surface area (Å²) in [6.07, 6.45) is -0.308. The van der Waals surface area contributed by atoms with Crippen LogP contribution in [0, 0.1) is 6.92 Å². The molecular weight excluding hydrogens is 444 g/mol. The lowest BCUT2D eigenvalue weighted by atomic mass is 10.2. The fraction of sp³-hybridized carbons (Fsp3) is 0.417. The molecule has 0 saturated carbocycles. The first-order chi connectivity index (χ1) is 15.6. The number of nitrogens with zero attached hydrogens (tertiary/aromatic N) is 2. The lowest BCUT2D eigenvalue weighted by Crippen LogP contribution is -2.50. The Labute approximate surface area is 199 Å². The van der Waals surface area contributed by atoms with Crippen LogP contribution in [0.2, 0.25) is 5.02 Å². The lowest BCUT2D eigenvalue weighted by molar-refractivity contribution is 0.0240. The summed E-state index contributed by atoms with van der Waals surface area (Å²) in [4.78, 5) is 28.7. The zero-order valence-corrected chi connectivity index (χ0v) is 20.5. The Morgan fingerprint density at radius 3 is 2.15 bits per heavy atom. The molecule has 9 heteroatoms. The summed E-state index contributed by atoms with van der Waals surface area (Å²) >= 11 is 6.14. The molecular formula is C24H31ClN4O4. The highest BCUT2D eigenvalue weighted by Crippen LogP contribution is 2.32. The summed E-state index contributed by atoms with van der Waals surface area (Å²) in [6.45, 7) is 9.77. The van der Waals surface area contributed by atoms with Gasteiger partial charge in [0.25, 0.3) is 0 Å². The summed E-state index contributed by atoms with van der Waals surface area (Å²) in [7, 11) is 1.61. The molecule has 0 radical (unpaired) electrons. The number of carbonyl (C=O) groups is 2. The normalized spacial score (nSPS) is 14.0. The molecule has 3 rings (SSSR count). The van der Waals surface area contributed by atoms with E-state index in [0.717, 1.165) is 11.3 Å². The van der Waals surface area contributed by atoms with Crippen LogP contribution in [0.5, 0.6) is 5.75 Å². The number of halogens is 1. The first-order valence-electron chi connectivity index (χ1n) is 10.8. The molecule has 1 heterocycles. The zero-order valence-electron chi connectivity index (χ0n) is 19.7. The quantitative estimate of drug-likeness (QED) is 0.623. The van der Waals surface area contributed by atoms with Crippen LogP contribution >= 0.6 is 11.6 Å². The van der Waals surface area contributed by atoms with Gasteiger partial charge in [-0.05, 0) is 63.6 Å². The molecule has 1 aliphatic rings. The molecule has 33 heavy (non-hydrogen) atoms. The molecule has 2 N–H and O–H groups in total. The van der Waals surface area contributed by atoms with Gasteiger partial charge in [0.1, 0.15) is 11.4 Å². The molecule has 0 atom stereocenters. The number of hydrogen-bond donors (Lipinski definition) is 2. The molecule has 0 aromatic heterocycles. The maximum absolute atomic E-state index is 12.5. The fourth-order valence-corrected chi connectivity index (χ4v) is 3.62. The van der Waals surface area contributed by atoms with Crippen molar-refractivity contribution < 1.29 is 19.1 Å². The third kappa shape index (κ3) is 6.68. The highest BCUT2D eigenvalue weighted by Gasteiger charge is 2.27. The van der Waals surface area contributed by atoms with Gasteiger partial charge in [-0.2, -0.15) is 0 Å². The smallest absolute Gasteiger partial charge is 0.410 e. The molecule has 1 saturated heterocycles. The van der Waals surface area contributed by atoms with Gasteiger partial charge in [-0.3, -0.25) is 0 Å². The van der Waals surface area contributed by atoms with Gasteiger partial charge in [0.05, 0.1) is 12.8 Å². The summed E-state index contributed by atoms with van der Waals surface area (Å²) < 4.78 is 11.0. The minimum absolute atomic E-state index is 0.308. The predicted molar refractivity (Wildman–Crippen MR) is 132 cm³/mol. The Morgan fingerprint density at radius 2 is 1.58 bits per heavy atom. The van der Waals surface area contributed by atoms with Crippen LogP contribution in [0.1, 0.15) is 26.3 Å². The van der Waals surface area contributed by atoms with Crippen molar-refractivity contribution in [3.05, 3.63) is 47.0 Å². The van der Waals surface area contributed by atoms with E-state index in [4.69, 9.17) is 21.1 Å². The second kappa shape index (κ2) is 10.2. The summed E-state index contributed by atoms with van der Waals surface area (Å²) in [6, 6.07) is 10.4. The predicted octanol–water partition coefficient (Wildman–Crippen LogP) is 5.36. The van der Waals surface area contributed by atoms with Crippen molar-refractivity contribution in [1.29, 1.82) is 0 Å². The first kappa shape index (κ1) is 24.5. The van der Waals surface area contributed by atoms with Crippen molar-refractivity contribution in [1.82, 2.24) is 4.90 Å². The average Bonchev–Trinajstić information content (AvgIpc) is 2.75. The number of amides is 3. The van der Waals surface area contributed by atoms with Crippen LogP contribution in [0.25, 0.3) is 0 Å². The Kier molecular flexibility index (Phi) is 7.58. The number of aryl methyl sites for hydroxylation is 1. The number of rotatable bonds is 4. The summed E-state index contributed by atoms with van der Waals surface area (Å²) in [5.74, 6) is 0.692. The number of carbonyl (C=O) groups excluding carboxylic acids is 2. The number of methoxy groups -OCH3 is 1. The first-order valence-corrected chi connectivity index (χ1v) is 11.2. The Bertz CT molecular complexity index is 1010. The van der Waals surface area contributed by atoms with E-state index in [-0.39, 0.29) is 12.1 Å². The van der Waals surface area contributed by atoms with E-state index < -0.39 is 5.60 Å². The van der Waals surface area contributed by atoms with E-state index in [2.05, 4.69) is 15.5 Å². The van der Waals surface area contributed by atoms with E-state index in [0.29, 0.717) is 48.3 Å². The van der Waals surface area contributed by atoms with Crippen LogP contribution in [-0.2, 0) is 4.74 Å². The third-order valence-corrected chi connectivity index (χ3v) is 5.55. The molecule has 2 aromatic rings. The number of nitrogens with one attached hydrogen (secondary N) is 2. The number of ether oxygens (including phenoxy) is 2. The van der Waals surface area contributed by atoms with E-state index in [1.807, 2.05) is 45.9 Å². The fourth-order valence-electron chi connectivity index (χ4n) is 3.44. The average molecular weight is 475 g/mol. The number of hydrogen-bond acceptors (Lipinski definition) is 5. The highest BCUT2D eigenvalue weighted by atomic mass is 35.5. The van der Waals surface area contributed by atoms with Gasteiger partial charge >= 0.3 is 12.1 Å². The largest absolute Gasteiger partial charge is 0.495 e. The molecule has 0 aliphatic carbocycles. The van der Waals surface area contributed by atoms with Gasteiger partial charge in [0, 0.05) is 42.6 Å². The number of anilines is 3. The van der Waals surface area contributed by atoms with Gasteiger partial charge in [-0.15, -0.1) is 0 Å². The summed E-state index contributed by atoms with van der Waals surface area (Å²) in [5.41, 5.74) is 2.49. The number of urea groups is 1. The van der Waals surface area contributed by atoms with Crippen molar-refractivity contribution in [3.8, 4) is 5.75 Å². The van der Waals surface area contributed by atoms with Crippen molar-refractivity contribution >= 4 is 40.8 Å². The Balaban J connectivity index is 1.65. The maximum atomic E-state index is 12.5. The van der Waals surface area contributed by atoms with Crippen molar-refractivity contribution in [2.45, 2.75) is 33.3 Å². The van der Waals surface area contributed by atoms with Gasteiger partial charge in [-0.1, -0.05) is 17.7 Å². The topological polar surface area (TPSA) is 83.1 Å². The molecule has 0 bridgehead atoms. The number of piperazine rings is 1. The molecule has 1 aliphatic heterocycles. The van der Waals surface area contributed by atoms with Crippen LogP contribution in [0.15, 0.2) is 36.4 Å². The van der Waals surface area contributed by atoms with Gasteiger partial charge in [-0.25, -0.2) is 9.59 Å². The highest BCUT2D eigenvalue weighted by molar-refractivity contribution is 6.31. The van der Waals surface area contributed by atoms with Crippen LogP contribution in [0.4, 0.5) is 26.7 Å². The van der Waals surface area contributed by atoms with Crippen molar-refractivity contribution in [2.75, 3.05) is 48.8 Å². The van der Waals surface area contributed by atoms with Crippen molar-refractivity contribution in [2.24, 2.45) is 0 Å². The van der Waals surface area contributed by atoms with Gasteiger partial charge < -0.3 is 29.9 Å². The third-order valence-electron chi connectivity index (χ3n) is 5.14. The standard InChI is InChI=1S/C24H31ClN4O4/c1-16-6-7-17(14-19(16)25)26-22(30)27-18-8-9-21(32-5)20(15-18)28-10-12-29(13-11-28)23(31)33-24(2,3)4/h6-9,14-15H,10-13H2,1-5H3,(H2,26,27,30). The van der Waals surface area contributed by atoms with E-state index in [1.54, 1.807) is 30.2 Å². The van der Waals surface area contributed by atoms with Crippen LogP contribution < -0.4 is 20.3 Å². The zero-order chi connectivity index (χ0) is 24.2. The second-order valence-corrected chi connectivity index (χ2v) is 9.29. The van der Waals surface area contributed by atoms with E-state index in [9.17, 15) is 9.59 Å². The van der Waals surface area contributed by atoms with Gasteiger partial charge in [0.15, 0.2) is 0 Å². The SMILES string of the molecule is COc1ccc(NC(=O)Nc2ccc(C)c(Cl)c2)cc1N1CCN(C(=O)OC(C)(C)C)CC1. The van der Waals surface area contributed by atoms with E-state index in [1.165, 1.54) is 0 Å².